The molecule has 0 saturated heterocycles. The van der Waals surface area contributed by atoms with E-state index in [0.29, 0.717) is 0 Å². The number of hydrogen-bond donors (Lipinski definition) is 1. The third-order valence-electron chi connectivity index (χ3n) is 3.10. The van der Waals surface area contributed by atoms with Crippen molar-refractivity contribution in [3.05, 3.63) is 17.5 Å². The van der Waals surface area contributed by atoms with Gasteiger partial charge < -0.3 is 10.5 Å². The average molecular weight is 239 g/mol. The summed E-state index contributed by atoms with van der Waals surface area (Å²) in [7, 11) is 1.98. The molecule has 4 nitrogen and oxygen atoms in total. The van der Waals surface area contributed by atoms with Crippen molar-refractivity contribution in [2.75, 3.05) is 6.61 Å². The lowest BCUT2D eigenvalue weighted by Gasteiger charge is -2.22. The highest BCUT2D eigenvalue weighted by Gasteiger charge is 2.18. The highest BCUT2D eigenvalue weighted by Crippen LogP contribution is 2.11. The molecule has 1 aromatic rings. The molecule has 2 unspecified atom stereocenters. The van der Waals surface area contributed by atoms with Gasteiger partial charge in [0.2, 0.25) is 0 Å². The Morgan fingerprint density at radius 1 is 1.41 bits per heavy atom. The van der Waals surface area contributed by atoms with Crippen molar-refractivity contribution >= 4 is 0 Å². The Labute approximate surface area is 104 Å². The monoisotopic (exact) mass is 239 g/mol. The minimum absolute atomic E-state index is 0.0417. The van der Waals surface area contributed by atoms with Gasteiger partial charge in [-0.2, -0.15) is 5.10 Å². The molecule has 0 amide bonds. The van der Waals surface area contributed by atoms with Crippen LogP contribution in [0.4, 0.5) is 0 Å². The normalized spacial score (nSPS) is 14.9. The Morgan fingerprint density at radius 3 is 2.59 bits per heavy atom. The summed E-state index contributed by atoms with van der Waals surface area (Å²) in [6.07, 6.45) is 2.88. The van der Waals surface area contributed by atoms with Gasteiger partial charge in [-0.05, 0) is 25.8 Å². The van der Waals surface area contributed by atoms with E-state index < -0.39 is 0 Å². The fourth-order valence-corrected chi connectivity index (χ4v) is 2.07. The molecule has 1 rings (SSSR count). The van der Waals surface area contributed by atoms with Crippen LogP contribution in [0.5, 0.6) is 0 Å². The van der Waals surface area contributed by atoms with E-state index in [2.05, 4.69) is 25.0 Å². The van der Waals surface area contributed by atoms with Crippen LogP contribution in [0.2, 0.25) is 0 Å². The molecule has 4 heteroatoms. The van der Waals surface area contributed by atoms with Crippen molar-refractivity contribution in [3.63, 3.8) is 0 Å². The lowest BCUT2D eigenvalue weighted by molar-refractivity contribution is 0.0413. The molecule has 0 radical (unpaired) electrons. The van der Waals surface area contributed by atoms with Gasteiger partial charge in [0.05, 0.1) is 11.8 Å². The first-order valence-electron chi connectivity index (χ1n) is 6.51. The van der Waals surface area contributed by atoms with E-state index in [9.17, 15) is 0 Å². The van der Waals surface area contributed by atoms with Crippen LogP contribution in [-0.2, 0) is 24.6 Å². The van der Waals surface area contributed by atoms with E-state index in [1.165, 1.54) is 5.69 Å². The predicted octanol–water partition coefficient (Wildman–Crippen LogP) is 1.67. The van der Waals surface area contributed by atoms with Gasteiger partial charge in [-0.3, -0.25) is 4.68 Å². The van der Waals surface area contributed by atoms with Crippen LogP contribution in [0.15, 0.2) is 6.07 Å². The fraction of sp³-hybridized carbons (Fsp3) is 0.769. The highest BCUT2D eigenvalue weighted by atomic mass is 16.5. The van der Waals surface area contributed by atoms with Crippen LogP contribution in [0, 0.1) is 0 Å². The minimum atomic E-state index is 0.0417. The number of rotatable bonds is 7. The summed E-state index contributed by atoms with van der Waals surface area (Å²) in [6.45, 7) is 6.95. The lowest BCUT2D eigenvalue weighted by atomic mass is 10.0. The Bertz CT molecular complexity index is 335. The van der Waals surface area contributed by atoms with Gasteiger partial charge in [0, 0.05) is 31.8 Å². The molecule has 1 aromatic heterocycles. The van der Waals surface area contributed by atoms with E-state index in [1.807, 2.05) is 18.7 Å². The Morgan fingerprint density at radius 2 is 2.12 bits per heavy atom. The largest absolute Gasteiger partial charge is 0.377 e. The van der Waals surface area contributed by atoms with Crippen LogP contribution in [0.1, 0.15) is 38.6 Å². The van der Waals surface area contributed by atoms with E-state index in [-0.39, 0.29) is 12.1 Å². The van der Waals surface area contributed by atoms with E-state index >= 15 is 0 Å². The maximum atomic E-state index is 6.20. The molecule has 0 aliphatic rings. The third-order valence-corrected chi connectivity index (χ3v) is 3.10. The van der Waals surface area contributed by atoms with Crippen LogP contribution in [0.25, 0.3) is 0 Å². The van der Waals surface area contributed by atoms with E-state index in [0.717, 1.165) is 31.6 Å². The Kier molecular flexibility index (Phi) is 5.65. The molecule has 0 saturated carbocycles. The highest BCUT2D eigenvalue weighted by molar-refractivity contribution is 5.11. The summed E-state index contributed by atoms with van der Waals surface area (Å²) in [4.78, 5) is 0. The van der Waals surface area contributed by atoms with E-state index in [4.69, 9.17) is 10.5 Å². The zero-order valence-electron chi connectivity index (χ0n) is 11.4. The number of ether oxygens (including phenoxy) is 1. The molecular formula is C13H25N3O. The SMILES string of the molecule is CCOC(CC)C(N)Cc1cc(CC)nn1C. The second-order valence-corrected chi connectivity index (χ2v) is 4.37. The lowest BCUT2D eigenvalue weighted by Crippen LogP contribution is -2.38. The average Bonchev–Trinajstić information content (AvgIpc) is 2.67. The van der Waals surface area contributed by atoms with Crippen molar-refractivity contribution in [1.82, 2.24) is 9.78 Å². The fourth-order valence-electron chi connectivity index (χ4n) is 2.07. The Hall–Kier alpha value is -0.870. The summed E-state index contributed by atoms with van der Waals surface area (Å²) in [6, 6.07) is 2.18. The van der Waals surface area contributed by atoms with Gasteiger partial charge >= 0.3 is 0 Å². The van der Waals surface area contributed by atoms with Crippen LogP contribution < -0.4 is 5.73 Å². The third kappa shape index (κ3) is 3.82. The topological polar surface area (TPSA) is 53.1 Å². The maximum absolute atomic E-state index is 6.20. The van der Waals surface area contributed by atoms with Gasteiger partial charge in [0.15, 0.2) is 0 Å². The van der Waals surface area contributed by atoms with Gasteiger partial charge in [0.1, 0.15) is 0 Å². The number of nitrogens with two attached hydrogens (primary N) is 1. The van der Waals surface area contributed by atoms with Crippen molar-refractivity contribution in [3.8, 4) is 0 Å². The smallest absolute Gasteiger partial charge is 0.0727 e. The quantitative estimate of drug-likeness (QED) is 0.787. The molecule has 2 N–H and O–H groups in total. The summed E-state index contributed by atoms with van der Waals surface area (Å²) in [5.41, 5.74) is 8.51. The molecule has 0 spiro atoms. The van der Waals surface area contributed by atoms with Crippen molar-refractivity contribution in [2.45, 2.75) is 52.2 Å². The first-order chi connectivity index (χ1) is 8.12. The molecule has 0 aliphatic heterocycles. The van der Waals surface area contributed by atoms with Gasteiger partial charge in [0.25, 0.3) is 0 Å². The summed E-state index contributed by atoms with van der Waals surface area (Å²) in [5, 5.41) is 4.43. The van der Waals surface area contributed by atoms with Crippen molar-refractivity contribution in [1.29, 1.82) is 0 Å². The molecule has 17 heavy (non-hydrogen) atoms. The number of hydrogen-bond acceptors (Lipinski definition) is 3. The van der Waals surface area contributed by atoms with Crippen LogP contribution in [0.3, 0.4) is 0 Å². The number of aryl methyl sites for hydroxylation is 2. The Balaban J connectivity index is 2.65. The molecule has 2 atom stereocenters. The van der Waals surface area contributed by atoms with Gasteiger partial charge in [-0.15, -0.1) is 0 Å². The molecule has 0 bridgehead atoms. The first kappa shape index (κ1) is 14.2. The molecule has 0 fully saturated rings. The molecule has 1 heterocycles. The first-order valence-corrected chi connectivity index (χ1v) is 6.51. The van der Waals surface area contributed by atoms with Gasteiger partial charge in [-0.25, -0.2) is 0 Å². The summed E-state index contributed by atoms with van der Waals surface area (Å²) < 4.78 is 7.57. The molecule has 98 valence electrons. The molecular weight excluding hydrogens is 214 g/mol. The zero-order chi connectivity index (χ0) is 12.8. The maximum Gasteiger partial charge on any atom is 0.0727 e. The summed E-state index contributed by atoms with van der Waals surface area (Å²) in [5.74, 6) is 0. The van der Waals surface area contributed by atoms with Crippen molar-refractivity contribution in [2.24, 2.45) is 12.8 Å². The number of nitrogens with zero attached hydrogens (tertiary/aromatic N) is 2. The number of aromatic nitrogens is 2. The summed E-state index contributed by atoms with van der Waals surface area (Å²) >= 11 is 0. The second-order valence-electron chi connectivity index (χ2n) is 4.37. The second kappa shape index (κ2) is 6.77. The standard InChI is InChI=1S/C13H25N3O/c1-5-10-8-11(16(4)15-10)9-12(14)13(6-2)17-7-3/h8,12-13H,5-7,9,14H2,1-4H3. The van der Waals surface area contributed by atoms with Crippen molar-refractivity contribution < 1.29 is 4.74 Å². The minimum Gasteiger partial charge on any atom is -0.377 e. The van der Waals surface area contributed by atoms with Gasteiger partial charge in [-0.1, -0.05) is 13.8 Å². The molecule has 0 aliphatic carbocycles. The molecule has 0 aromatic carbocycles. The predicted molar refractivity (Wildman–Crippen MR) is 70.0 cm³/mol. The van der Waals surface area contributed by atoms with Crippen LogP contribution >= 0.6 is 0 Å². The zero-order valence-corrected chi connectivity index (χ0v) is 11.4. The van der Waals surface area contributed by atoms with Crippen LogP contribution in [-0.4, -0.2) is 28.5 Å². The van der Waals surface area contributed by atoms with E-state index in [1.54, 1.807) is 0 Å².